The molecule has 1 saturated carbocycles. The zero-order valence-electron chi connectivity index (χ0n) is 15.1. The molecule has 3 aromatic rings. The van der Waals surface area contributed by atoms with Crippen LogP contribution in [0, 0.1) is 0 Å². The number of furan rings is 1. The Hall–Kier alpha value is -2.89. The SMILES string of the molecule is CN1C(=O)C(C)(C)c2cc(-c3nc(-c4ccoc4)nn3C3CC3)ccc21. The molecule has 6 heteroatoms. The van der Waals surface area contributed by atoms with Gasteiger partial charge in [0, 0.05) is 18.3 Å². The van der Waals surface area contributed by atoms with Gasteiger partial charge in [0.2, 0.25) is 5.91 Å². The quantitative estimate of drug-likeness (QED) is 0.722. The number of hydrogen-bond donors (Lipinski definition) is 0. The molecular weight excluding hydrogens is 328 g/mol. The second-order valence-corrected chi connectivity index (χ2v) is 7.67. The summed E-state index contributed by atoms with van der Waals surface area (Å²) in [6.45, 7) is 3.95. The van der Waals surface area contributed by atoms with Gasteiger partial charge in [0.15, 0.2) is 11.6 Å². The number of anilines is 1. The lowest BCUT2D eigenvalue weighted by atomic mass is 9.85. The first-order valence-electron chi connectivity index (χ1n) is 8.89. The van der Waals surface area contributed by atoms with E-state index >= 15 is 0 Å². The Kier molecular flexibility index (Phi) is 2.99. The van der Waals surface area contributed by atoms with Crippen molar-refractivity contribution >= 4 is 11.6 Å². The van der Waals surface area contributed by atoms with Crippen LogP contribution in [0.1, 0.15) is 38.3 Å². The molecule has 132 valence electrons. The van der Waals surface area contributed by atoms with Crippen LogP contribution in [0.4, 0.5) is 5.69 Å². The summed E-state index contributed by atoms with van der Waals surface area (Å²) in [5, 5.41) is 4.72. The third kappa shape index (κ3) is 2.08. The molecular formula is C20H20N4O2. The number of fused-ring (bicyclic) bond motifs is 1. The van der Waals surface area contributed by atoms with Crippen LogP contribution >= 0.6 is 0 Å². The van der Waals surface area contributed by atoms with E-state index in [0.29, 0.717) is 11.9 Å². The average molecular weight is 348 g/mol. The smallest absolute Gasteiger partial charge is 0.236 e. The second kappa shape index (κ2) is 5.06. The molecule has 0 spiro atoms. The van der Waals surface area contributed by atoms with Crippen molar-refractivity contribution in [3.05, 3.63) is 42.4 Å². The summed E-state index contributed by atoms with van der Waals surface area (Å²) < 4.78 is 7.20. The summed E-state index contributed by atoms with van der Waals surface area (Å²) in [7, 11) is 1.83. The zero-order valence-corrected chi connectivity index (χ0v) is 15.1. The highest BCUT2D eigenvalue weighted by molar-refractivity contribution is 6.07. The lowest BCUT2D eigenvalue weighted by molar-refractivity contribution is -0.121. The normalized spacial score (nSPS) is 18.4. The van der Waals surface area contributed by atoms with E-state index in [1.54, 1.807) is 17.4 Å². The van der Waals surface area contributed by atoms with E-state index in [1.807, 2.05) is 43.8 Å². The molecule has 1 aliphatic carbocycles. The third-order valence-electron chi connectivity index (χ3n) is 5.43. The third-order valence-corrected chi connectivity index (χ3v) is 5.43. The molecule has 0 atom stereocenters. The fourth-order valence-corrected chi connectivity index (χ4v) is 3.72. The number of carbonyl (C=O) groups is 1. The molecule has 0 N–H and O–H groups in total. The molecule has 1 fully saturated rings. The van der Waals surface area contributed by atoms with Crippen molar-refractivity contribution in [2.24, 2.45) is 0 Å². The molecule has 2 aliphatic rings. The van der Waals surface area contributed by atoms with Gasteiger partial charge in [0.25, 0.3) is 0 Å². The van der Waals surface area contributed by atoms with Crippen LogP contribution in [-0.2, 0) is 10.2 Å². The number of amides is 1. The number of hydrogen-bond acceptors (Lipinski definition) is 4. The molecule has 26 heavy (non-hydrogen) atoms. The van der Waals surface area contributed by atoms with E-state index < -0.39 is 5.41 Å². The zero-order chi connectivity index (χ0) is 18.1. The standard InChI is InChI=1S/C20H20N4O2/c1-20(2)15-10-12(4-7-16(15)23(3)19(20)25)18-21-17(13-8-9-26-11-13)22-24(18)14-5-6-14/h4,7-11,14H,5-6H2,1-3H3. The van der Waals surface area contributed by atoms with E-state index in [-0.39, 0.29) is 5.91 Å². The van der Waals surface area contributed by atoms with Gasteiger partial charge >= 0.3 is 0 Å². The summed E-state index contributed by atoms with van der Waals surface area (Å²) >= 11 is 0. The van der Waals surface area contributed by atoms with E-state index in [0.717, 1.165) is 41.0 Å². The van der Waals surface area contributed by atoms with Gasteiger partial charge in [-0.1, -0.05) is 0 Å². The van der Waals surface area contributed by atoms with Gasteiger partial charge in [0.05, 0.1) is 23.3 Å². The molecule has 6 nitrogen and oxygen atoms in total. The van der Waals surface area contributed by atoms with Crippen LogP contribution in [0.5, 0.6) is 0 Å². The van der Waals surface area contributed by atoms with Crippen LogP contribution < -0.4 is 4.90 Å². The summed E-state index contributed by atoms with van der Waals surface area (Å²) in [5.41, 5.74) is 3.35. The second-order valence-electron chi connectivity index (χ2n) is 7.67. The van der Waals surface area contributed by atoms with Crippen molar-refractivity contribution in [3.8, 4) is 22.8 Å². The van der Waals surface area contributed by atoms with E-state index in [9.17, 15) is 4.79 Å². The Balaban J connectivity index is 1.66. The average Bonchev–Trinajstić information content (AvgIpc) is 3.10. The molecule has 0 bridgehead atoms. The molecule has 1 amide bonds. The van der Waals surface area contributed by atoms with E-state index in [1.165, 1.54) is 0 Å². The fourth-order valence-electron chi connectivity index (χ4n) is 3.72. The van der Waals surface area contributed by atoms with Gasteiger partial charge in [-0.05, 0) is 56.5 Å². The Morgan fingerprint density at radius 1 is 1.19 bits per heavy atom. The van der Waals surface area contributed by atoms with Crippen LogP contribution in [0.3, 0.4) is 0 Å². The minimum Gasteiger partial charge on any atom is -0.472 e. The number of rotatable bonds is 3. The predicted molar refractivity (Wildman–Crippen MR) is 97.9 cm³/mol. The monoisotopic (exact) mass is 348 g/mol. The molecule has 1 aliphatic heterocycles. The first-order chi connectivity index (χ1) is 12.5. The number of aromatic nitrogens is 3. The number of nitrogens with zero attached hydrogens (tertiary/aromatic N) is 4. The molecule has 3 heterocycles. The van der Waals surface area contributed by atoms with Gasteiger partial charge in [-0.3, -0.25) is 4.79 Å². The fraction of sp³-hybridized carbons (Fsp3) is 0.350. The van der Waals surface area contributed by atoms with E-state index in [2.05, 4.69) is 6.07 Å². The Bertz CT molecular complexity index is 1010. The van der Waals surface area contributed by atoms with Crippen molar-refractivity contribution in [2.75, 3.05) is 11.9 Å². The maximum absolute atomic E-state index is 12.6. The largest absolute Gasteiger partial charge is 0.472 e. The first kappa shape index (κ1) is 15.4. The number of benzene rings is 1. The Morgan fingerprint density at radius 3 is 2.69 bits per heavy atom. The Labute approximate surface area is 151 Å². The maximum Gasteiger partial charge on any atom is 0.236 e. The first-order valence-corrected chi connectivity index (χ1v) is 8.89. The summed E-state index contributed by atoms with van der Waals surface area (Å²) in [5.74, 6) is 1.64. The van der Waals surface area contributed by atoms with Crippen LogP contribution in [-0.4, -0.2) is 27.7 Å². The maximum atomic E-state index is 12.6. The summed E-state index contributed by atoms with van der Waals surface area (Å²) in [6, 6.07) is 8.42. The van der Waals surface area contributed by atoms with Crippen LogP contribution in [0.25, 0.3) is 22.8 Å². The van der Waals surface area contributed by atoms with Gasteiger partial charge in [0.1, 0.15) is 6.26 Å². The minimum absolute atomic E-state index is 0.118. The van der Waals surface area contributed by atoms with Gasteiger partial charge in [-0.15, -0.1) is 0 Å². The van der Waals surface area contributed by atoms with Gasteiger partial charge < -0.3 is 9.32 Å². The molecule has 5 rings (SSSR count). The van der Waals surface area contributed by atoms with Crippen molar-refractivity contribution in [3.63, 3.8) is 0 Å². The molecule has 0 unspecified atom stereocenters. The van der Waals surface area contributed by atoms with Crippen molar-refractivity contribution in [2.45, 2.75) is 38.1 Å². The minimum atomic E-state index is -0.530. The van der Waals surface area contributed by atoms with Gasteiger partial charge in [-0.2, -0.15) is 5.10 Å². The number of carbonyl (C=O) groups excluding carboxylic acids is 1. The van der Waals surface area contributed by atoms with Crippen LogP contribution in [0.2, 0.25) is 0 Å². The van der Waals surface area contributed by atoms with Gasteiger partial charge in [-0.25, -0.2) is 9.67 Å². The highest BCUT2D eigenvalue weighted by Gasteiger charge is 2.42. The predicted octanol–water partition coefficient (Wildman–Crippen LogP) is 3.79. The highest BCUT2D eigenvalue weighted by atomic mass is 16.3. The van der Waals surface area contributed by atoms with Crippen molar-refractivity contribution in [1.29, 1.82) is 0 Å². The van der Waals surface area contributed by atoms with Crippen LogP contribution in [0.15, 0.2) is 41.2 Å². The molecule has 0 saturated heterocycles. The lowest BCUT2D eigenvalue weighted by Gasteiger charge is -2.16. The summed E-state index contributed by atoms with van der Waals surface area (Å²) in [6.07, 6.45) is 5.54. The molecule has 1 aromatic carbocycles. The number of likely N-dealkylation sites (N-methyl/N-ethyl adjacent to an activating group) is 1. The molecule has 2 aromatic heterocycles. The van der Waals surface area contributed by atoms with Crippen molar-refractivity contribution in [1.82, 2.24) is 14.8 Å². The Morgan fingerprint density at radius 2 is 2.00 bits per heavy atom. The lowest BCUT2D eigenvalue weighted by Crippen LogP contribution is -2.33. The highest BCUT2D eigenvalue weighted by Crippen LogP contribution is 2.44. The van der Waals surface area contributed by atoms with E-state index in [4.69, 9.17) is 14.5 Å². The molecule has 0 radical (unpaired) electrons. The topological polar surface area (TPSA) is 64.2 Å². The van der Waals surface area contributed by atoms with Crippen molar-refractivity contribution < 1.29 is 9.21 Å². The summed E-state index contributed by atoms with van der Waals surface area (Å²) in [4.78, 5) is 19.1.